The average molecular weight is 429 g/mol. The van der Waals surface area contributed by atoms with Crippen LogP contribution in [0.2, 0.25) is 0 Å². The first-order valence-electron chi connectivity index (χ1n) is 10.1. The molecule has 0 radical (unpaired) electrons. The minimum absolute atomic E-state index is 0.0179. The Hall–Kier alpha value is -3.13. The van der Waals surface area contributed by atoms with Crippen molar-refractivity contribution >= 4 is 11.8 Å². The van der Waals surface area contributed by atoms with Gasteiger partial charge in [0.2, 0.25) is 11.8 Å². The first-order chi connectivity index (χ1) is 14.9. The Morgan fingerprint density at radius 1 is 1.19 bits per heavy atom. The molecule has 0 spiro atoms. The highest BCUT2D eigenvalue weighted by Crippen LogP contribution is 2.21. The molecule has 31 heavy (non-hydrogen) atoms. The minimum Gasteiger partial charge on any atom is -0.497 e. The first-order valence-corrected chi connectivity index (χ1v) is 10.1. The number of hydrogen-bond donors (Lipinski definition) is 1. The van der Waals surface area contributed by atoms with Gasteiger partial charge in [0.05, 0.1) is 26.7 Å². The summed E-state index contributed by atoms with van der Waals surface area (Å²) in [6.07, 6.45) is 0.0179. The number of carbonyl (C=O) groups excluding carboxylic acids is 2. The zero-order valence-electron chi connectivity index (χ0n) is 18.1. The van der Waals surface area contributed by atoms with Crippen molar-refractivity contribution in [3.05, 3.63) is 59.4 Å². The molecule has 1 N–H and O–H groups in total. The lowest BCUT2D eigenvalue weighted by molar-refractivity contribution is -0.138. The molecule has 1 fully saturated rings. The summed E-state index contributed by atoms with van der Waals surface area (Å²) < 4.78 is 24.7. The van der Waals surface area contributed by atoms with E-state index in [1.807, 2.05) is 29.2 Å². The lowest BCUT2D eigenvalue weighted by Crippen LogP contribution is -2.56. The molecule has 0 saturated carbocycles. The molecule has 0 aliphatic carbocycles. The molecule has 0 unspecified atom stereocenters. The molecular formula is C23H28FN3O4. The van der Waals surface area contributed by atoms with Crippen molar-refractivity contribution in [3.8, 4) is 11.5 Å². The van der Waals surface area contributed by atoms with Gasteiger partial charge in [-0.3, -0.25) is 14.5 Å². The van der Waals surface area contributed by atoms with Crippen molar-refractivity contribution in [2.75, 3.05) is 34.4 Å². The van der Waals surface area contributed by atoms with Crippen LogP contribution in [0.25, 0.3) is 0 Å². The normalized spacial score (nSPS) is 16.5. The average Bonchev–Trinajstić information content (AvgIpc) is 2.77. The topological polar surface area (TPSA) is 71.1 Å². The number of carbonyl (C=O) groups is 2. The summed E-state index contributed by atoms with van der Waals surface area (Å²) >= 11 is 0. The summed E-state index contributed by atoms with van der Waals surface area (Å²) in [6.45, 7) is 1.63. The number of ether oxygens (including phenoxy) is 2. The number of nitrogens with zero attached hydrogens (tertiary/aromatic N) is 2. The molecule has 1 saturated heterocycles. The second-order valence-corrected chi connectivity index (χ2v) is 7.54. The lowest BCUT2D eigenvalue weighted by atomic mass is 10.1. The number of amides is 2. The van der Waals surface area contributed by atoms with Crippen molar-refractivity contribution in [1.29, 1.82) is 0 Å². The SMILES string of the molecule is COc1cccc(CN(C)C(=O)C[C@@H]2C(=O)NCCN2Cc2ccc(OC)cc2F)c1. The largest absolute Gasteiger partial charge is 0.497 e. The Kier molecular flexibility index (Phi) is 7.46. The molecule has 2 aromatic carbocycles. The van der Waals surface area contributed by atoms with Crippen LogP contribution in [0.3, 0.4) is 0 Å². The number of methoxy groups -OCH3 is 2. The minimum atomic E-state index is -0.657. The zero-order valence-corrected chi connectivity index (χ0v) is 18.1. The number of hydrogen-bond acceptors (Lipinski definition) is 5. The van der Waals surface area contributed by atoms with Crippen LogP contribution in [0.4, 0.5) is 4.39 Å². The Labute approximate surface area is 181 Å². The van der Waals surface area contributed by atoms with E-state index in [9.17, 15) is 14.0 Å². The highest BCUT2D eigenvalue weighted by molar-refractivity contribution is 5.88. The highest BCUT2D eigenvalue weighted by atomic mass is 19.1. The van der Waals surface area contributed by atoms with E-state index in [0.717, 1.165) is 11.3 Å². The molecule has 2 amide bonds. The summed E-state index contributed by atoms with van der Waals surface area (Å²) in [4.78, 5) is 28.8. The van der Waals surface area contributed by atoms with E-state index in [1.165, 1.54) is 13.2 Å². The van der Waals surface area contributed by atoms with E-state index in [4.69, 9.17) is 9.47 Å². The predicted molar refractivity (Wildman–Crippen MR) is 114 cm³/mol. The maximum Gasteiger partial charge on any atom is 0.237 e. The van der Waals surface area contributed by atoms with Crippen LogP contribution in [-0.4, -0.2) is 62.0 Å². The summed E-state index contributed by atoms with van der Waals surface area (Å²) in [5, 5.41) is 2.81. The van der Waals surface area contributed by atoms with Crippen molar-refractivity contribution in [3.63, 3.8) is 0 Å². The monoisotopic (exact) mass is 429 g/mol. The number of rotatable bonds is 8. The van der Waals surface area contributed by atoms with Gasteiger partial charge in [-0.1, -0.05) is 18.2 Å². The molecule has 7 nitrogen and oxygen atoms in total. The number of benzene rings is 2. The molecule has 0 aromatic heterocycles. The molecular weight excluding hydrogens is 401 g/mol. The Balaban J connectivity index is 1.67. The fraction of sp³-hybridized carbons (Fsp3) is 0.391. The van der Waals surface area contributed by atoms with E-state index in [1.54, 1.807) is 31.2 Å². The Morgan fingerprint density at radius 3 is 2.65 bits per heavy atom. The Morgan fingerprint density at radius 2 is 1.94 bits per heavy atom. The van der Waals surface area contributed by atoms with Gasteiger partial charge in [0, 0.05) is 44.9 Å². The van der Waals surface area contributed by atoms with Crippen molar-refractivity contribution in [1.82, 2.24) is 15.1 Å². The van der Waals surface area contributed by atoms with Crippen molar-refractivity contribution < 1.29 is 23.5 Å². The van der Waals surface area contributed by atoms with Crippen LogP contribution >= 0.6 is 0 Å². The van der Waals surface area contributed by atoms with Crippen LogP contribution in [0.5, 0.6) is 11.5 Å². The third kappa shape index (κ3) is 5.73. The fourth-order valence-corrected chi connectivity index (χ4v) is 3.63. The van der Waals surface area contributed by atoms with Gasteiger partial charge in [0.25, 0.3) is 0 Å². The standard InChI is InChI=1S/C23H28FN3O4/c1-26(14-16-5-4-6-18(11-16)30-2)22(28)13-21-23(29)25-9-10-27(21)15-17-7-8-19(31-3)12-20(17)24/h4-8,11-12,21H,9-10,13-15H2,1-3H3,(H,25,29)/t21-/m1/s1. The summed E-state index contributed by atoms with van der Waals surface area (Å²) in [5.74, 6) is 0.375. The van der Waals surface area contributed by atoms with Crippen LogP contribution in [0.1, 0.15) is 17.5 Å². The van der Waals surface area contributed by atoms with Crippen LogP contribution in [-0.2, 0) is 22.7 Å². The van der Waals surface area contributed by atoms with Gasteiger partial charge in [-0.2, -0.15) is 0 Å². The van der Waals surface area contributed by atoms with E-state index in [0.29, 0.717) is 30.9 Å². The maximum absolute atomic E-state index is 14.4. The molecule has 166 valence electrons. The molecule has 1 atom stereocenters. The second-order valence-electron chi connectivity index (χ2n) is 7.54. The van der Waals surface area contributed by atoms with Crippen molar-refractivity contribution in [2.45, 2.75) is 25.6 Å². The molecule has 1 aliphatic heterocycles. The van der Waals surface area contributed by atoms with Crippen LogP contribution in [0, 0.1) is 5.82 Å². The zero-order chi connectivity index (χ0) is 22.4. The molecule has 0 bridgehead atoms. The van der Waals surface area contributed by atoms with Crippen LogP contribution < -0.4 is 14.8 Å². The number of halogens is 1. The van der Waals surface area contributed by atoms with Gasteiger partial charge >= 0.3 is 0 Å². The van der Waals surface area contributed by atoms with Crippen molar-refractivity contribution in [2.24, 2.45) is 0 Å². The maximum atomic E-state index is 14.4. The predicted octanol–water partition coefficient (Wildman–Crippen LogP) is 2.19. The molecule has 1 heterocycles. The highest BCUT2D eigenvalue weighted by Gasteiger charge is 2.32. The summed E-state index contributed by atoms with van der Waals surface area (Å²) in [7, 11) is 4.78. The van der Waals surface area contributed by atoms with E-state index in [2.05, 4.69) is 5.32 Å². The third-order valence-electron chi connectivity index (χ3n) is 5.42. The summed E-state index contributed by atoms with van der Waals surface area (Å²) in [5.41, 5.74) is 1.39. The molecule has 1 aliphatic rings. The summed E-state index contributed by atoms with van der Waals surface area (Å²) in [6, 6.07) is 11.5. The van der Waals surface area contributed by atoms with Gasteiger partial charge in [-0.05, 0) is 23.8 Å². The quantitative estimate of drug-likeness (QED) is 0.697. The first kappa shape index (κ1) is 22.6. The smallest absolute Gasteiger partial charge is 0.237 e. The molecule has 3 rings (SSSR count). The third-order valence-corrected chi connectivity index (χ3v) is 5.42. The molecule has 8 heteroatoms. The lowest BCUT2D eigenvalue weighted by Gasteiger charge is -2.35. The Bertz CT molecular complexity index is 937. The van der Waals surface area contributed by atoms with Gasteiger partial charge in [-0.25, -0.2) is 4.39 Å². The van der Waals surface area contributed by atoms with Gasteiger partial charge < -0.3 is 19.7 Å². The number of nitrogens with one attached hydrogen (secondary N) is 1. The number of piperazine rings is 1. The van der Waals surface area contributed by atoms with Crippen LogP contribution in [0.15, 0.2) is 42.5 Å². The fourth-order valence-electron chi connectivity index (χ4n) is 3.63. The van der Waals surface area contributed by atoms with E-state index < -0.39 is 11.9 Å². The van der Waals surface area contributed by atoms with E-state index >= 15 is 0 Å². The molecule has 2 aromatic rings. The van der Waals surface area contributed by atoms with Gasteiger partial charge in [0.15, 0.2) is 0 Å². The van der Waals surface area contributed by atoms with Gasteiger partial charge in [0.1, 0.15) is 17.3 Å². The second kappa shape index (κ2) is 10.3. The van der Waals surface area contributed by atoms with Gasteiger partial charge in [-0.15, -0.1) is 0 Å². The van der Waals surface area contributed by atoms with E-state index in [-0.39, 0.29) is 24.8 Å².